The van der Waals surface area contributed by atoms with Gasteiger partial charge >= 0.3 is 0 Å². The largest absolute Gasteiger partial charge is 0.216 e. The van der Waals surface area contributed by atoms with E-state index in [1.807, 2.05) is 26.0 Å². The molecule has 0 aliphatic rings. The lowest BCUT2D eigenvalue weighted by Gasteiger charge is -2.09. The van der Waals surface area contributed by atoms with Gasteiger partial charge in [-0.2, -0.15) is 5.26 Å². The zero-order valence-corrected chi connectivity index (χ0v) is 12.9. The molecule has 0 aliphatic heterocycles. The van der Waals surface area contributed by atoms with E-state index in [9.17, 15) is 9.65 Å². The standard InChI is InChI=1S/C18H15FN4/c1-12-7-13(2)9-16(8-12)23-18(17(11-20)21-22-23)10-14-3-5-15(19)6-4-14/h3-9H,10H2,1-2H3. The van der Waals surface area contributed by atoms with Crippen LogP contribution in [0.5, 0.6) is 0 Å². The van der Waals surface area contributed by atoms with Crippen LogP contribution in [0.15, 0.2) is 42.5 Å². The molecule has 0 unspecified atom stereocenters. The quantitative estimate of drug-likeness (QED) is 0.744. The Hall–Kier alpha value is -3.00. The van der Waals surface area contributed by atoms with Gasteiger partial charge in [0.15, 0.2) is 5.69 Å². The maximum absolute atomic E-state index is 13.1. The summed E-state index contributed by atoms with van der Waals surface area (Å²) >= 11 is 0. The average Bonchev–Trinajstić information content (AvgIpc) is 2.91. The minimum Gasteiger partial charge on any atom is -0.216 e. The first-order valence-corrected chi connectivity index (χ1v) is 7.24. The molecule has 1 aromatic heterocycles. The zero-order valence-electron chi connectivity index (χ0n) is 12.9. The molecule has 4 nitrogen and oxygen atoms in total. The second-order valence-electron chi connectivity index (χ2n) is 5.56. The summed E-state index contributed by atoms with van der Waals surface area (Å²) < 4.78 is 14.7. The van der Waals surface area contributed by atoms with Gasteiger partial charge in [0, 0.05) is 6.42 Å². The first-order chi connectivity index (χ1) is 11.1. The van der Waals surface area contributed by atoms with Gasteiger partial charge in [-0.05, 0) is 54.8 Å². The lowest BCUT2D eigenvalue weighted by Crippen LogP contribution is -2.05. The predicted molar refractivity (Wildman–Crippen MR) is 84.8 cm³/mol. The number of rotatable bonds is 3. The first-order valence-electron chi connectivity index (χ1n) is 7.24. The average molecular weight is 306 g/mol. The number of halogens is 1. The number of hydrogen-bond acceptors (Lipinski definition) is 3. The summed E-state index contributed by atoms with van der Waals surface area (Å²) in [6.45, 7) is 4.02. The van der Waals surface area contributed by atoms with Crippen molar-refractivity contribution in [2.24, 2.45) is 0 Å². The van der Waals surface area contributed by atoms with Crippen LogP contribution in [-0.4, -0.2) is 15.0 Å². The molecule has 0 radical (unpaired) electrons. The Balaban J connectivity index is 2.07. The van der Waals surface area contributed by atoms with Crippen LogP contribution in [0.2, 0.25) is 0 Å². The third-order valence-corrected chi connectivity index (χ3v) is 3.60. The fourth-order valence-corrected chi connectivity index (χ4v) is 2.62. The highest BCUT2D eigenvalue weighted by Crippen LogP contribution is 2.19. The molecule has 0 N–H and O–H groups in total. The van der Waals surface area contributed by atoms with E-state index in [4.69, 9.17) is 0 Å². The van der Waals surface area contributed by atoms with Crippen LogP contribution in [0.3, 0.4) is 0 Å². The Morgan fingerprint density at radius 1 is 1.09 bits per heavy atom. The fraction of sp³-hybridized carbons (Fsp3) is 0.167. The molecule has 0 saturated heterocycles. The van der Waals surface area contributed by atoms with E-state index in [-0.39, 0.29) is 11.5 Å². The molecule has 1 heterocycles. The summed E-state index contributed by atoms with van der Waals surface area (Å²) in [4.78, 5) is 0. The van der Waals surface area contributed by atoms with Crippen molar-refractivity contribution in [3.05, 3.63) is 76.4 Å². The van der Waals surface area contributed by atoms with E-state index in [0.717, 1.165) is 22.4 Å². The van der Waals surface area contributed by atoms with Crippen LogP contribution < -0.4 is 0 Å². The Bertz CT molecular complexity index is 868. The second kappa shape index (κ2) is 6.01. The van der Waals surface area contributed by atoms with Crippen molar-refractivity contribution in [1.29, 1.82) is 5.26 Å². The van der Waals surface area contributed by atoms with Crippen molar-refractivity contribution in [3.8, 4) is 11.8 Å². The summed E-state index contributed by atoms with van der Waals surface area (Å²) in [5.74, 6) is -0.282. The summed E-state index contributed by atoms with van der Waals surface area (Å²) in [5, 5.41) is 17.4. The molecule has 0 fully saturated rings. The molecule has 3 rings (SSSR count). The van der Waals surface area contributed by atoms with Gasteiger partial charge in [-0.1, -0.05) is 23.4 Å². The van der Waals surface area contributed by atoms with Crippen molar-refractivity contribution >= 4 is 0 Å². The van der Waals surface area contributed by atoms with Gasteiger partial charge in [-0.15, -0.1) is 5.10 Å². The number of nitrogens with zero attached hydrogens (tertiary/aromatic N) is 4. The van der Waals surface area contributed by atoms with Crippen LogP contribution in [0.4, 0.5) is 4.39 Å². The number of aryl methyl sites for hydroxylation is 2. The summed E-state index contributed by atoms with van der Waals surface area (Å²) in [5.41, 5.74) is 4.98. The number of benzene rings is 2. The predicted octanol–water partition coefficient (Wildman–Crippen LogP) is 3.49. The number of hydrogen-bond donors (Lipinski definition) is 0. The van der Waals surface area contributed by atoms with Gasteiger partial charge in [0.1, 0.15) is 11.9 Å². The van der Waals surface area contributed by atoms with Crippen molar-refractivity contribution in [2.75, 3.05) is 0 Å². The summed E-state index contributed by atoms with van der Waals surface area (Å²) in [6, 6.07) is 14.4. The molecule has 0 aliphatic carbocycles. The number of nitriles is 1. The van der Waals surface area contributed by atoms with Crippen LogP contribution >= 0.6 is 0 Å². The van der Waals surface area contributed by atoms with Gasteiger partial charge in [0.25, 0.3) is 0 Å². The monoisotopic (exact) mass is 306 g/mol. The molecule has 5 heteroatoms. The van der Waals surface area contributed by atoms with Crippen molar-refractivity contribution in [1.82, 2.24) is 15.0 Å². The molecule has 0 spiro atoms. The molecule has 0 amide bonds. The van der Waals surface area contributed by atoms with Gasteiger partial charge < -0.3 is 0 Å². The maximum atomic E-state index is 13.1. The number of aromatic nitrogens is 3. The van der Waals surface area contributed by atoms with Crippen molar-refractivity contribution < 1.29 is 4.39 Å². The zero-order chi connectivity index (χ0) is 16.4. The molecule has 0 saturated carbocycles. The molecular formula is C18H15FN4. The molecule has 114 valence electrons. The van der Waals surface area contributed by atoms with Crippen LogP contribution in [0.25, 0.3) is 5.69 Å². The normalized spacial score (nSPS) is 10.5. The van der Waals surface area contributed by atoms with E-state index in [0.29, 0.717) is 12.1 Å². The Labute approximate surface area is 133 Å². The van der Waals surface area contributed by atoms with Gasteiger partial charge in [0.05, 0.1) is 11.4 Å². The van der Waals surface area contributed by atoms with Crippen molar-refractivity contribution in [2.45, 2.75) is 20.3 Å². The minimum atomic E-state index is -0.282. The molecule has 23 heavy (non-hydrogen) atoms. The third-order valence-electron chi connectivity index (χ3n) is 3.60. The van der Waals surface area contributed by atoms with Gasteiger partial charge in [0.2, 0.25) is 0 Å². The molecule has 0 bridgehead atoms. The highest BCUT2D eigenvalue weighted by molar-refractivity contribution is 5.43. The lowest BCUT2D eigenvalue weighted by atomic mass is 10.1. The van der Waals surface area contributed by atoms with E-state index >= 15 is 0 Å². The molecule has 3 aromatic rings. The maximum Gasteiger partial charge on any atom is 0.186 e. The van der Waals surface area contributed by atoms with E-state index in [1.54, 1.807) is 16.8 Å². The third kappa shape index (κ3) is 3.11. The van der Waals surface area contributed by atoms with E-state index in [2.05, 4.69) is 22.4 Å². The highest BCUT2D eigenvalue weighted by atomic mass is 19.1. The van der Waals surface area contributed by atoms with Gasteiger partial charge in [-0.25, -0.2) is 9.07 Å². The fourth-order valence-electron chi connectivity index (χ4n) is 2.62. The Morgan fingerprint density at radius 3 is 2.35 bits per heavy atom. The van der Waals surface area contributed by atoms with Crippen LogP contribution in [0, 0.1) is 31.0 Å². The van der Waals surface area contributed by atoms with E-state index < -0.39 is 0 Å². The van der Waals surface area contributed by atoms with Crippen LogP contribution in [0.1, 0.15) is 28.1 Å². The highest BCUT2D eigenvalue weighted by Gasteiger charge is 2.15. The van der Waals surface area contributed by atoms with Gasteiger partial charge in [-0.3, -0.25) is 0 Å². The molecular weight excluding hydrogens is 291 g/mol. The van der Waals surface area contributed by atoms with Crippen LogP contribution in [-0.2, 0) is 6.42 Å². The lowest BCUT2D eigenvalue weighted by molar-refractivity contribution is 0.627. The van der Waals surface area contributed by atoms with Crippen molar-refractivity contribution in [3.63, 3.8) is 0 Å². The first kappa shape index (κ1) is 14.9. The topological polar surface area (TPSA) is 54.5 Å². The molecule has 0 atom stereocenters. The summed E-state index contributed by atoms with van der Waals surface area (Å²) in [7, 11) is 0. The smallest absolute Gasteiger partial charge is 0.186 e. The minimum absolute atomic E-state index is 0.282. The Kier molecular flexibility index (Phi) is 3.90. The Morgan fingerprint density at radius 2 is 1.74 bits per heavy atom. The SMILES string of the molecule is Cc1cc(C)cc(-n2nnc(C#N)c2Cc2ccc(F)cc2)c1. The summed E-state index contributed by atoms with van der Waals surface area (Å²) in [6.07, 6.45) is 0.461. The molecule has 2 aromatic carbocycles. The van der Waals surface area contributed by atoms with E-state index in [1.165, 1.54) is 12.1 Å². The second-order valence-corrected chi connectivity index (χ2v) is 5.56.